The third-order valence-corrected chi connectivity index (χ3v) is 4.69. The number of rotatable bonds is 2. The van der Waals surface area contributed by atoms with Crippen LogP contribution in [0.15, 0.2) is 30.3 Å². The summed E-state index contributed by atoms with van der Waals surface area (Å²) in [5.74, 6) is 0.0291. The second kappa shape index (κ2) is 4.95. The smallest absolute Gasteiger partial charge is 0.255 e. The van der Waals surface area contributed by atoms with E-state index < -0.39 is 0 Å². The first-order valence-corrected chi connectivity index (χ1v) is 7.88. The third-order valence-electron chi connectivity index (χ3n) is 4.69. The van der Waals surface area contributed by atoms with Gasteiger partial charge in [0.05, 0.1) is 12.1 Å². The van der Waals surface area contributed by atoms with Crippen LogP contribution in [0.3, 0.4) is 0 Å². The molecule has 2 aromatic rings. The molecule has 2 aliphatic heterocycles. The van der Waals surface area contributed by atoms with E-state index >= 15 is 0 Å². The van der Waals surface area contributed by atoms with Crippen LogP contribution in [-0.2, 0) is 17.6 Å². The number of benzene rings is 2. The molecule has 0 atom stereocenters. The van der Waals surface area contributed by atoms with Gasteiger partial charge in [0.1, 0.15) is 0 Å². The Morgan fingerprint density at radius 1 is 1.13 bits per heavy atom. The molecule has 2 amide bonds. The van der Waals surface area contributed by atoms with Crippen molar-refractivity contribution in [2.75, 3.05) is 16.8 Å². The summed E-state index contributed by atoms with van der Waals surface area (Å²) < 4.78 is 0. The molecular weight excluding hydrogens is 288 g/mol. The van der Waals surface area contributed by atoms with Crippen LogP contribution in [0.5, 0.6) is 0 Å². The number of amides is 2. The molecule has 0 saturated carbocycles. The van der Waals surface area contributed by atoms with Gasteiger partial charge in [-0.25, -0.2) is 0 Å². The minimum Gasteiger partial charge on any atom is -0.322 e. The summed E-state index contributed by atoms with van der Waals surface area (Å²) in [4.78, 5) is 26.5. The van der Waals surface area contributed by atoms with Crippen LogP contribution in [0.25, 0.3) is 0 Å². The monoisotopic (exact) mass is 306 g/mol. The number of carbonyl (C=O) groups is 2. The first-order chi connectivity index (χ1) is 11.0. The molecule has 2 aliphatic rings. The largest absolute Gasteiger partial charge is 0.322 e. The van der Waals surface area contributed by atoms with E-state index in [2.05, 4.69) is 5.32 Å². The van der Waals surface area contributed by atoms with E-state index in [0.29, 0.717) is 12.0 Å². The fourth-order valence-electron chi connectivity index (χ4n) is 3.48. The summed E-state index contributed by atoms with van der Waals surface area (Å²) in [6.45, 7) is 4.72. The molecule has 23 heavy (non-hydrogen) atoms. The number of anilines is 2. The number of nitrogens with zero attached hydrogens (tertiary/aromatic N) is 1. The summed E-state index contributed by atoms with van der Waals surface area (Å²) in [7, 11) is 0. The average molecular weight is 306 g/mol. The highest BCUT2D eigenvalue weighted by molar-refractivity contribution is 6.08. The molecule has 2 heterocycles. The molecule has 0 aliphatic carbocycles. The van der Waals surface area contributed by atoms with Crippen molar-refractivity contribution >= 4 is 23.2 Å². The maximum atomic E-state index is 12.6. The molecule has 4 rings (SSSR count). The molecule has 4 nitrogen and oxygen atoms in total. The fourth-order valence-corrected chi connectivity index (χ4v) is 3.48. The van der Waals surface area contributed by atoms with E-state index in [1.165, 1.54) is 0 Å². The van der Waals surface area contributed by atoms with Crippen LogP contribution < -0.4 is 10.2 Å². The van der Waals surface area contributed by atoms with Gasteiger partial charge in [0, 0.05) is 17.8 Å². The molecule has 4 heteroatoms. The highest BCUT2D eigenvalue weighted by atomic mass is 16.2. The van der Waals surface area contributed by atoms with Crippen molar-refractivity contribution in [3.63, 3.8) is 0 Å². The van der Waals surface area contributed by atoms with Crippen LogP contribution in [0.2, 0.25) is 0 Å². The first-order valence-electron chi connectivity index (χ1n) is 7.88. The number of carbonyl (C=O) groups excluding carboxylic acids is 2. The minimum absolute atomic E-state index is 0.115. The van der Waals surface area contributed by atoms with Gasteiger partial charge >= 0.3 is 0 Å². The third kappa shape index (κ3) is 2.22. The van der Waals surface area contributed by atoms with Crippen molar-refractivity contribution < 1.29 is 9.59 Å². The van der Waals surface area contributed by atoms with Gasteiger partial charge in [-0.1, -0.05) is 12.1 Å². The first kappa shape index (κ1) is 14.0. The van der Waals surface area contributed by atoms with Gasteiger partial charge in [-0.3, -0.25) is 9.59 Å². The topological polar surface area (TPSA) is 49.4 Å². The van der Waals surface area contributed by atoms with Crippen molar-refractivity contribution in [1.82, 2.24) is 0 Å². The zero-order chi connectivity index (χ0) is 16.1. The van der Waals surface area contributed by atoms with Crippen molar-refractivity contribution in [1.29, 1.82) is 0 Å². The number of hydrogen-bond acceptors (Lipinski definition) is 2. The van der Waals surface area contributed by atoms with E-state index in [0.717, 1.165) is 46.6 Å². The Bertz CT molecular complexity index is 855. The lowest BCUT2D eigenvalue weighted by molar-refractivity contribution is -0.117. The van der Waals surface area contributed by atoms with E-state index in [1.807, 2.05) is 49.1 Å². The number of nitrogens with one attached hydrogen (secondary N) is 1. The Labute approximate surface area is 135 Å². The van der Waals surface area contributed by atoms with E-state index in [1.54, 1.807) is 0 Å². The molecule has 2 aromatic carbocycles. The molecule has 0 bridgehead atoms. The van der Waals surface area contributed by atoms with Crippen LogP contribution >= 0.6 is 0 Å². The maximum Gasteiger partial charge on any atom is 0.255 e. The van der Waals surface area contributed by atoms with Crippen LogP contribution in [0.1, 0.15) is 32.6 Å². The van der Waals surface area contributed by atoms with E-state index in [9.17, 15) is 9.59 Å². The lowest BCUT2D eigenvalue weighted by Gasteiger charge is -2.12. The summed E-state index contributed by atoms with van der Waals surface area (Å²) in [6.07, 6.45) is 1.24. The zero-order valence-corrected chi connectivity index (χ0v) is 13.3. The Balaban J connectivity index is 1.67. The predicted octanol–water partition coefficient (Wildman–Crippen LogP) is 3.00. The van der Waals surface area contributed by atoms with Crippen LogP contribution in [0.4, 0.5) is 11.4 Å². The molecule has 0 fully saturated rings. The van der Waals surface area contributed by atoms with Crippen LogP contribution in [0, 0.1) is 13.8 Å². The molecular formula is C19H18N2O2. The Kier molecular flexibility index (Phi) is 3.01. The standard InChI is InChI=1S/C19H18N2O2/c1-11-3-4-12(2)16(7-11)20-19(23)15-8-13-5-6-21-17(22)10-14(9-15)18(13)21/h3-4,7-9H,5-6,10H2,1-2H3,(H,20,23). The fraction of sp³-hybridized carbons (Fsp3) is 0.263. The summed E-state index contributed by atoms with van der Waals surface area (Å²) in [5.41, 5.74) is 6.75. The molecule has 0 unspecified atom stereocenters. The molecule has 1 N–H and O–H groups in total. The quantitative estimate of drug-likeness (QED) is 0.927. The molecule has 0 saturated heterocycles. The molecule has 0 aromatic heterocycles. The van der Waals surface area contributed by atoms with Gasteiger partial charge in [-0.2, -0.15) is 0 Å². The summed E-state index contributed by atoms with van der Waals surface area (Å²) in [6, 6.07) is 9.80. The maximum absolute atomic E-state index is 12.6. The Hall–Kier alpha value is -2.62. The summed E-state index contributed by atoms with van der Waals surface area (Å²) in [5, 5.41) is 3.00. The molecule has 116 valence electrons. The zero-order valence-electron chi connectivity index (χ0n) is 13.3. The minimum atomic E-state index is -0.115. The molecule has 0 radical (unpaired) electrons. The van der Waals surface area contributed by atoms with Crippen molar-refractivity contribution in [3.05, 3.63) is 58.1 Å². The van der Waals surface area contributed by atoms with Gasteiger partial charge < -0.3 is 10.2 Å². The normalized spacial score (nSPS) is 15.0. The van der Waals surface area contributed by atoms with Crippen LogP contribution in [-0.4, -0.2) is 18.4 Å². The van der Waals surface area contributed by atoms with Gasteiger partial charge in [0.15, 0.2) is 0 Å². The van der Waals surface area contributed by atoms with Gasteiger partial charge in [-0.05, 0) is 60.7 Å². The SMILES string of the molecule is Cc1ccc(C)c(NC(=O)c2cc3c4c(c2)CC(=O)N4CC3)c1. The van der Waals surface area contributed by atoms with E-state index in [4.69, 9.17) is 0 Å². The highest BCUT2D eigenvalue weighted by Gasteiger charge is 2.34. The lowest BCUT2D eigenvalue weighted by Crippen LogP contribution is -2.24. The number of aryl methyl sites for hydroxylation is 2. The average Bonchev–Trinajstić information content (AvgIpc) is 3.08. The van der Waals surface area contributed by atoms with Crippen molar-refractivity contribution in [2.45, 2.75) is 26.7 Å². The van der Waals surface area contributed by atoms with Gasteiger partial charge in [-0.15, -0.1) is 0 Å². The Morgan fingerprint density at radius 2 is 1.91 bits per heavy atom. The van der Waals surface area contributed by atoms with Gasteiger partial charge in [0.2, 0.25) is 5.91 Å². The number of hydrogen-bond donors (Lipinski definition) is 1. The van der Waals surface area contributed by atoms with Crippen molar-refractivity contribution in [2.24, 2.45) is 0 Å². The second-order valence-corrected chi connectivity index (χ2v) is 6.39. The second-order valence-electron chi connectivity index (χ2n) is 6.39. The molecule has 0 spiro atoms. The van der Waals surface area contributed by atoms with Crippen molar-refractivity contribution in [3.8, 4) is 0 Å². The van der Waals surface area contributed by atoms with Gasteiger partial charge in [0.25, 0.3) is 5.91 Å². The lowest BCUT2D eigenvalue weighted by atomic mass is 10.0. The Morgan fingerprint density at radius 3 is 2.74 bits per heavy atom. The predicted molar refractivity (Wildman–Crippen MR) is 90.1 cm³/mol. The summed E-state index contributed by atoms with van der Waals surface area (Å²) >= 11 is 0. The highest BCUT2D eigenvalue weighted by Crippen LogP contribution is 2.38. The van der Waals surface area contributed by atoms with E-state index in [-0.39, 0.29) is 11.8 Å².